The minimum Gasteiger partial charge on any atom is -0.456 e. The van der Waals surface area contributed by atoms with Gasteiger partial charge < -0.3 is 18.3 Å². The number of furan rings is 2. The van der Waals surface area contributed by atoms with Gasteiger partial charge in [-0.25, -0.2) is 0 Å². The number of anilines is 3. The van der Waals surface area contributed by atoms with Crippen molar-refractivity contribution in [1.82, 2.24) is 4.57 Å². The molecule has 66 heavy (non-hydrogen) atoms. The summed E-state index contributed by atoms with van der Waals surface area (Å²) in [6.45, 7) is 0. The van der Waals surface area contributed by atoms with Crippen LogP contribution in [0.4, 0.5) is 17.1 Å². The van der Waals surface area contributed by atoms with Crippen LogP contribution in [0.1, 0.15) is 0 Å². The van der Waals surface area contributed by atoms with Crippen LogP contribution in [0.3, 0.4) is 0 Å². The first-order valence-electron chi connectivity index (χ1n) is 22.5. The Balaban J connectivity index is 1.05. The zero-order chi connectivity index (χ0) is 43.3. The van der Waals surface area contributed by atoms with E-state index in [9.17, 15) is 0 Å². The predicted molar refractivity (Wildman–Crippen MR) is 276 cm³/mol. The third kappa shape index (κ3) is 5.52. The molecule has 4 heteroatoms. The minimum atomic E-state index is 0.856. The second kappa shape index (κ2) is 14.3. The molecule has 0 aliphatic carbocycles. The zero-order valence-corrected chi connectivity index (χ0v) is 35.7. The van der Waals surface area contributed by atoms with Crippen LogP contribution in [0.25, 0.3) is 115 Å². The van der Waals surface area contributed by atoms with E-state index in [1.807, 2.05) is 12.1 Å². The number of para-hydroxylation sites is 4. The lowest BCUT2D eigenvalue weighted by Gasteiger charge is -2.29. The maximum atomic E-state index is 6.89. The van der Waals surface area contributed by atoms with Gasteiger partial charge in [0.1, 0.15) is 22.3 Å². The van der Waals surface area contributed by atoms with E-state index in [2.05, 4.69) is 228 Å². The largest absolute Gasteiger partial charge is 0.456 e. The van der Waals surface area contributed by atoms with Crippen LogP contribution < -0.4 is 4.90 Å². The number of hydrogen-bond donors (Lipinski definition) is 0. The highest BCUT2D eigenvalue weighted by atomic mass is 16.3. The topological polar surface area (TPSA) is 34.5 Å². The monoisotopic (exact) mass is 842 g/mol. The summed E-state index contributed by atoms with van der Waals surface area (Å²) in [6, 6.07) is 82.9. The fourth-order valence-corrected chi connectivity index (χ4v) is 10.6. The molecule has 0 aliphatic rings. The Kier molecular flexibility index (Phi) is 7.95. The summed E-state index contributed by atoms with van der Waals surface area (Å²) in [5, 5.41) is 11.6. The highest BCUT2D eigenvalue weighted by molar-refractivity contribution is 6.17. The standard InChI is InChI=1S/C62H38N2O2/c1-2-21-45-41(16-1)36-57(48-23-4-3-22-47(45)48)63(42-19-13-17-39(34-42)46-28-15-33-60-61(46)52-27-8-12-32-59(52)65-60)44-37-53(62-54(38-44)51-26-7-11-31-58(51)66-62)40-18-14-20-43(35-40)64-55-29-9-5-24-49(55)50-25-6-10-30-56(50)64/h1-38H. The number of hydrogen-bond acceptors (Lipinski definition) is 3. The first-order chi connectivity index (χ1) is 32.7. The zero-order valence-electron chi connectivity index (χ0n) is 35.7. The molecule has 0 saturated heterocycles. The summed E-state index contributed by atoms with van der Waals surface area (Å²) in [7, 11) is 0. The molecule has 0 radical (unpaired) electrons. The molecule has 0 unspecified atom stereocenters. The van der Waals surface area contributed by atoms with Crippen LogP contribution in [-0.4, -0.2) is 4.57 Å². The van der Waals surface area contributed by atoms with Gasteiger partial charge in [0.15, 0.2) is 0 Å². The van der Waals surface area contributed by atoms with E-state index in [1.54, 1.807) is 0 Å². The highest BCUT2D eigenvalue weighted by Gasteiger charge is 2.23. The van der Waals surface area contributed by atoms with Crippen molar-refractivity contribution < 1.29 is 8.83 Å². The Bertz CT molecular complexity index is 4210. The second-order valence-electron chi connectivity index (χ2n) is 17.2. The smallest absolute Gasteiger partial charge is 0.143 e. The first-order valence-corrected chi connectivity index (χ1v) is 22.5. The van der Waals surface area contributed by atoms with Gasteiger partial charge in [-0.05, 0) is 106 Å². The molecule has 3 aromatic heterocycles. The van der Waals surface area contributed by atoms with Crippen molar-refractivity contribution in [1.29, 1.82) is 0 Å². The molecule has 14 rings (SSSR count). The first kappa shape index (κ1) is 36.6. The summed E-state index contributed by atoms with van der Waals surface area (Å²) in [5.74, 6) is 0. The second-order valence-corrected chi connectivity index (χ2v) is 17.2. The molecule has 0 amide bonds. The number of fused-ring (bicyclic) bond motifs is 12. The molecule has 0 aliphatic heterocycles. The lowest BCUT2D eigenvalue weighted by Crippen LogP contribution is -2.11. The van der Waals surface area contributed by atoms with E-state index in [0.29, 0.717) is 0 Å². The van der Waals surface area contributed by atoms with E-state index in [-0.39, 0.29) is 0 Å². The Morgan fingerprint density at radius 1 is 0.333 bits per heavy atom. The average Bonchev–Trinajstić information content (AvgIpc) is 4.06. The Labute approximate surface area is 379 Å². The van der Waals surface area contributed by atoms with Crippen LogP contribution >= 0.6 is 0 Å². The van der Waals surface area contributed by atoms with Gasteiger partial charge in [0.05, 0.1) is 16.7 Å². The summed E-state index contributed by atoms with van der Waals surface area (Å²) in [6.07, 6.45) is 0. The van der Waals surface area contributed by atoms with E-state index in [1.165, 1.54) is 38.0 Å². The van der Waals surface area contributed by atoms with Gasteiger partial charge in [-0.15, -0.1) is 0 Å². The summed E-state index contributed by atoms with van der Waals surface area (Å²) in [5.41, 5.74) is 14.4. The summed E-state index contributed by atoms with van der Waals surface area (Å²) in [4.78, 5) is 2.45. The molecular weight excluding hydrogens is 805 g/mol. The maximum Gasteiger partial charge on any atom is 0.143 e. The molecule has 3 heterocycles. The van der Waals surface area contributed by atoms with E-state index >= 15 is 0 Å². The summed E-state index contributed by atoms with van der Waals surface area (Å²) < 4.78 is 15.7. The van der Waals surface area contributed by atoms with Gasteiger partial charge in [-0.2, -0.15) is 0 Å². The highest BCUT2D eigenvalue weighted by Crippen LogP contribution is 2.48. The van der Waals surface area contributed by atoms with E-state index in [4.69, 9.17) is 8.83 Å². The van der Waals surface area contributed by atoms with Gasteiger partial charge >= 0.3 is 0 Å². The van der Waals surface area contributed by atoms with E-state index in [0.717, 1.165) is 94.3 Å². The quantitative estimate of drug-likeness (QED) is 0.156. The fraction of sp³-hybridized carbons (Fsp3) is 0. The fourth-order valence-electron chi connectivity index (χ4n) is 10.6. The van der Waals surface area contributed by atoms with Crippen LogP contribution in [0.15, 0.2) is 239 Å². The van der Waals surface area contributed by atoms with Gasteiger partial charge in [-0.3, -0.25) is 0 Å². The van der Waals surface area contributed by atoms with Crippen molar-refractivity contribution >= 4 is 104 Å². The van der Waals surface area contributed by atoms with Crippen molar-refractivity contribution in [2.75, 3.05) is 4.90 Å². The maximum absolute atomic E-state index is 6.89. The third-order valence-electron chi connectivity index (χ3n) is 13.5. The van der Waals surface area contributed by atoms with Crippen molar-refractivity contribution in [3.05, 3.63) is 231 Å². The van der Waals surface area contributed by atoms with Gasteiger partial charge in [0.25, 0.3) is 0 Å². The Hall–Kier alpha value is -8.86. The normalized spacial score (nSPS) is 11.9. The summed E-state index contributed by atoms with van der Waals surface area (Å²) >= 11 is 0. The van der Waals surface area contributed by atoms with Gasteiger partial charge in [0.2, 0.25) is 0 Å². The lowest BCUT2D eigenvalue weighted by atomic mass is 9.96. The molecule has 0 spiro atoms. The Morgan fingerprint density at radius 3 is 1.71 bits per heavy atom. The van der Waals surface area contributed by atoms with Crippen molar-refractivity contribution in [3.8, 4) is 27.9 Å². The Morgan fingerprint density at radius 2 is 0.924 bits per heavy atom. The molecule has 0 saturated carbocycles. The molecule has 0 N–H and O–H groups in total. The SMILES string of the molecule is c1cc(-c2cccc3oc4ccccc4c23)cc(N(c2cc(-c3cccc(-n4c5ccccc5c5ccccc54)c3)c3oc4ccccc4c3c2)c2cc3ccccc3c3ccccc23)c1. The molecule has 0 fully saturated rings. The van der Waals surface area contributed by atoms with Crippen LogP contribution in [0.2, 0.25) is 0 Å². The van der Waals surface area contributed by atoms with Crippen molar-refractivity contribution in [2.45, 2.75) is 0 Å². The van der Waals surface area contributed by atoms with Gasteiger partial charge in [0, 0.05) is 60.3 Å². The molecule has 4 nitrogen and oxygen atoms in total. The van der Waals surface area contributed by atoms with Crippen molar-refractivity contribution in [2.24, 2.45) is 0 Å². The predicted octanol–water partition coefficient (Wildman–Crippen LogP) is 17.7. The third-order valence-corrected chi connectivity index (χ3v) is 13.5. The number of benzene rings is 11. The van der Waals surface area contributed by atoms with Gasteiger partial charge in [-0.1, -0.05) is 158 Å². The minimum absolute atomic E-state index is 0.856. The van der Waals surface area contributed by atoms with Crippen LogP contribution in [0, 0.1) is 0 Å². The van der Waals surface area contributed by atoms with Crippen LogP contribution in [-0.2, 0) is 0 Å². The number of rotatable bonds is 6. The molecule has 308 valence electrons. The number of aromatic nitrogens is 1. The molecular formula is C62H38N2O2. The van der Waals surface area contributed by atoms with Crippen LogP contribution in [0.5, 0.6) is 0 Å². The average molecular weight is 843 g/mol. The molecule has 11 aromatic carbocycles. The molecule has 0 atom stereocenters. The van der Waals surface area contributed by atoms with Crippen molar-refractivity contribution in [3.63, 3.8) is 0 Å². The molecule has 14 aromatic rings. The number of nitrogens with zero attached hydrogens (tertiary/aromatic N) is 2. The lowest BCUT2D eigenvalue weighted by molar-refractivity contribution is 0.669. The van der Waals surface area contributed by atoms with E-state index < -0.39 is 0 Å². The molecule has 0 bridgehead atoms.